The van der Waals surface area contributed by atoms with Crippen molar-refractivity contribution in [2.75, 3.05) is 32.7 Å². The second-order valence-electron chi connectivity index (χ2n) is 6.58. The van der Waals surface area contributed by atoms with Crippen molar-refractivity contribution in [2.45, 2.75) is 32.2 Å². The molecule has 0 saturated carbocycles. The minimum absolute atomic E-state index is 0.0877. The van der Waals surface area contributed by atoms with Crippen LogP contribution >= 0.6 is 0 Å². The number of Topliss-reactive ketones (excluding diaryl/α,β-unsaturated/α-hetero) is 1. The lowest BCUT2D eigenvalue weighted by molar-refractivity contribution is 0.0899. The van der Waals surface area contributed by atoms with E-state index < -0.39 is 0 Å². The van der Waals surface area contributed by atoms with Crippen LogP contribution in [-0.2, 0) is 0 Å². The maximum atomic E-state index is 12.4. The highest BCUT2D eigenvalue weighted by Gasteiger charge is 2.30. The molecule has 0 aliphatic carbocycles. The molecule has 2 aliphatic heterocycles. The van der Waals surface area contributed by atoms with Crippen LogP contribution in [-0.4, -0.2) is 54.3 Å². The summed E-state index contributed by atoms with van der Waals surface area (Å²) < 4.78 is 0. The predicted molar refractivity (Wildman–Crippen MR) is 85.6 cm³/mol. The number of hydrogen-bond acceptors (Lipinski definition) is 3. The van der Waals surface area contributed by atoms with Gasteiger partial charge in [0.15, 0.2) is 5.78 Å². The molecule has 1 aromatic rings. The Morgan fingerprint density at radius 3 is 2.62 bits per heavy atom. The van der Waals surface area contributed by atoms with Crippen molar-refractivity contribution in [3.8, 4) is 0 Å². The molecular formula is C18H26N2O. The van der Waals surface area contributed by atoms with E-state index in [1.54, 1.807) is 0 Å². The third kappa shape index (κ3) is 3.53. The van der Waals surface area contributed by atoms with E-state index in [-0.39, 0.29) is 11.7 Å². The number of carbonyl (C=O) groups excluding carboxylic acids is 1. The summed E-state index contributed by atoms with van der Waals surface area (Å²) in [6, 6.07) is 10.4. The fourth-order valence-electron chi connectivity index (χ4n) is 3.74. The van der Waals surface area contributed by atoms with E-state index in [1.807, 2.05) is 30.3 Å². The van der Waals surface area contributed by atoms with Crippen LogP contribution in [0, 0.1) is 5.92 Å². The van der Waals surface area contributed by atoms with E-state index in [2.05, 4.69) is 16.7 Å². The summed E-state index contributed by atoms with van der Waals surface area (Å²) in [6.07, 6.45) is 3.99. The molecule has 114 valence electrons. The van der Waals surface area contributed by atoms with Crippen LogP contribution in [0.1, 0.15) is 36.5 Å². The van der Waals surface area contributed by atoms with Gasteiger partial charge < -0.3 is 4.90 Å². The quantitative estimate of drug-likeness (QED) is 0.778. The van der Waals surface area contributed by atoms with Gasteiger partial charge in [0.25, 0.3) is 0 Å². The summed E-state index contributed by atoms with van der Waals surface area (Å²) in [5.41, 5.74) is 0.847. The Morgan fingerprint density at radius 2 is 1.90 bits per heavy atom. The number of carbonyl (C=O) groups is 1. The van der Waals surface area contributed by atoms with Gasteiger partial charge in [-0.3, -0.25) is 9.69 Å². The van der Waals surface area contributed by atoms with Crippen molar-refractivity contribution in [2.24, 2.45) is 5.92 Å². The first-order valence-corrected chi connectivity index (χ1v) is 8.29. The van der Waals surface area contributed by atoms with Crippen LogP contribution in [0.25, 0.3) is 0 Å². The van der Waals surface area contributed by atoms with E-state index in [0.717, 1.165) is 31.2 Å². The maximum Gasteiger partial charge on any atom is 0.166 e. The lowest BCUT2D eigenvalue weighted by atomic mass is 9.99. The Kier molecular flexibility index (Phi) is 4.71. The molecule has 2 saturated heterocycles. The predicted octanol–water partition coefficient (Wildman–Crippen LogP) is 2.68. The minimum Gasteiger partial charge on any atom is -0.301 e. The molecule has 2 aliphatic rings. The van der Waals surface area contributed by atoms with Gasteiger partial charge >= 0.3 is 0 Å². The molecule has 0 bridgehead atoms. The average molecular weight is 286 g/mol. The normalized spacial score (nSPS) is 25.3. The van der Waals surface area contributed by atoms with Crippen molar-refractivity contribution in [3.05, 3.63) is 35.9 Å². The summed E-state index contributed by atoms with van der Waals surface area (Å²) in [5.74, 6) is 0.366. The van der Waals surface area contributed by atoms with Crippen LogP contribution in [0.4, 0.5) is 0 Å². The largest absolute Gasteiger partial charge is 0.301 e. The Balaban J connectivity index is 1.51. The van der Waals surface area contributed by atoms with Crippen molar-refractivity contribution in [3.63, 3.8) is 0 Å². The molecule has 3 rings (SSSR count). The zero-order chi connectivity index (χ0) is 14.7. The van der Waals surface area contributed by atoms with E-state index in [4.69, 9.17) is 0 Å². The van der Waals surface area contributed by atoms with E-state index in [0.29, 0.717) is 0 Å². The SMILES string of the molecule is CC(CN1CCC(N2CCCC2)C1)C(=O)c1ccccc1. The van der Waals surface area contributed by atoms with Crippen LogP contribution in [0.3, 0.4) is 0 Å². The summed E-state index contributed by atoms with van der Waals surface area (Å²) >= 11 is 0. The van der Waals surface area contributed by atoms with Crippen molar-refractivity contribution in [1.29, 1.82) is 0 Å². The van der Waals surface area contributed by atoms with E-state index in [1.165, 1.54) is 32.4 Å². The number of benzene rings is 1. The first-order valence-electron chi connectivity index (χ1n) is 8.29. The second kappa shape index (κ2) is 6.71. The lowest BCUT2D eigenvalue weighted by Gasteiger charge is -2.24. The van der Waals surface area contributed by atoms with Crippen LogP contribution in [0.2, 0.25) is 0 Å². The highest BCUT2D eigenvalue weighted by Crippen LogP contribution is 2.21. The molecule has 2 unspecified atom stereocenters. The van der Waals surface area contributed by atoms with Gasteiger partial charge in [0.2, 0.25) is 0 Å². The summed E-state index contributed by atoms with van der Waals surface area (Å²) in [4.78, 5) is 17.6. The topological polar surface area (TPSA) is 23.6 Å². The Bertz CT molecular complexity index is 467. The number of rotatable bonds is 5. The number of hydrogen-bond donors (Lipinski definition) is 0. The van der Waals surface area contributed by atoms with E-state index >= 15 is 0 Å². The third-order valence-electron chi connectivity index (χ3n) is 4.94. The standard InChI is InChI=1S/C18H26N2O/c1-15(18(21)16-7-3-2-4-8-16)13-19-12-9-17(14-19)20-10-5-6-11-20/h2-4,7-8,15,17H,5-6,9-14H2,1H3. The Hall–Kier alpha value is -1.19. The first kappa shape index (κ1) is 14.7. The second-order valence-corrected chi connectivity index (χ2v) is 6.58. The number of ketones is 1. The van der Waals surface area contributed by atoms with Crippen molar-refractivity contribution in [1.82, 2.24) is 9.80 Å². The zero-order valence-corrected chi connectivity index (χ0v) is 13.0. The molecule has 3 nitrogen and oxygen atoms in total. The minimum atomic E-state index is 0.0877. The summed E-state index contributed by atoms with van der Waals surface area (Å²) in [7, 11) is 0. The molecule has 2 fully saturated rings. The highest BCUT2D eigenvalue weighted by molar-refractivity contribution is 5.97. The molecule has 2 heterocycles. The van der Waals surface area contributed by atoms with Crippen molar-refractivity contribution < 1.29 is 4.79 Å². The lowest BCUT2D eigenvalue weighted by Crippen LogP contribution is -2.37. The maximum absolute atomic E-state index is 12.4. The summed E-state index contributed by atoms with van der Waals surface area (Å²) in [6.45, 7) is 7.81. The fourth-order valence-corrected chi connectivity index (χ4v) is 3.74. The molecular weight excluding hydrogens is 260 g/mol. The van der Waals surface area contributed by atoms with Crippen LogP contribution in [0.15, 0.2) is 30.3 Å². The molecule has 2 atom stereocenters. The summed E-state index contributed by atoms with van der Waals surface area (Å²) in [5, 5.41) is 0. The van der Waals surface area contributed by atoms with Crippen molar-refractivity contribution >= 4 is 5.78 Å². The zero-order valence-electron chi connectivity index (χ0n) is 13.0. The molecule has 3 heteroatoms. The van der Waals surface area contributed by atoms with Gasteiger partial charge in [0, 0.05) is 30.6 Å². The monoisotopic (exact) mass is 286 g/mol. The fraction of sp³-hybridized carbons (Fsp3) is 0.611. The molecule has 1 aromatic carbocycles. The van der Waals surface area contributed by atoms with Gasteiger partial charge in [-0.2, -0.15) is 0 Å². The van der Waals surface area contributed by atoms with Gasteiger partial charge in [-0.25, -0.2) is 0 Å². The van der Waals surface area contributed by atoms with Gasteiger partial charge in [-0.1, -0.05) is 37.3 Å². The van der Waals surface area contributed by atoms with Gasteiger partial charge in [0.05, 0.1) is 0 Å². The Morgan fingerprint density at radius 1 is 1.19 bits per heavy atom. The first-order chi connectivity index (χ1) is 10.2. The molecule has 0 N–H and O–H groups in total. The highest BCUT2D eigenvalue weighted by atomic mass is 16.1. The number of nitrogens with zero attached hydrogens (tertiary/aromatic N) is 2. The van der Waals surface area contributed by atoms with Gasteiger partial charge in [0.1, 0.15) is 0 Å². The third-order valence-corrected chi connectivity index (χ3v) is 4.94. The Labute approximate surface area is 127 Å². The van der Waals surface area contributed by atoms with E-state index in [9.17, 15) is 4.79 Å². The van der Waals surface area contributed by atoms with Crippen LogP contribution < -0.4 is 0 Å². The molecule has 0 spiro atoms. The molecule has 21 heavy (non-hydrogen) atoms. The van der Waals surface area contributed by atoms with Gasteiger partial charge in [-0.15, -0.1) is 0 Å². The molecule has 0 radical (unpaired) electrons. The smallest absolute Gasteiger partial charge is 0.166 e. The average Bonchev–Trinajstić information content (AvgIpc) is 3.18. The van der Waals surface area contributed by atoms with Crippen LogP contribution in [0.5, 0.6) is 0 Å². The van der Waals surface area contributed by atoms with Gasteiger partial charge in [-0.05, 0) is 38.9 Å². The molecule has 0 aromatic heterocycles. The number of likely N-dealkylation sites (tertiary alicyclic amines) is 2. The molecule has 0 amide bonds.